The minimum absolute atomic E-state index is 0.184. The Morgan fingerprint density at radius 1 is 1.44 bits per heavy atom. The van der Waals surface area contributed by atoms with Gasteiger partial charge in [-0.05, 0) is 18.6 Å². The van der Waals surface area contributed by atoms with E-state index in [1.807, 2.05) is 29.2 Å². The molecule has 4 heteroatoms. The molecule has 3 nitrogen and oxygen atoms in total. The van der Waals surface area contributed by atoms with E-state index in [-0.39, 0.29) is 11.2 Å². The predicted molar refractivity (Wildman–Crippen MR) is 65.1 cm³/mol. The third-order valence-electron chi connectivity index (χ3n) is 3.14. The van der Waals surface area contributed by atoms with Crippen LogP contribution in [0.15, 0.2) is 24.3 Å². The number of anilines is 1. The van der Waals surface area contributed by atoms with Crippen molar-refractivity contribution in [3.8, 4) is 5.75 Å². The van der Waals surface area contributed by atoms with Crippen LogP contribution in [0.5, 0.6) is 5.75 Å². The molecule has 4 rings (SSSR count). The van der Waals surface area contributed by atoms with Crippen LogP contribution in [0.4, 0.5) is 5.69 Å². The molecule has 84 valence electrons. The van der Waals surface area contributed by atoms with Gasteiger partial charge in [-0.2, -0.15) is 0 Å². The van der Waals surface area contributed by atoms with E-state index in [9.17, 15) is 4.79 Å². The quantitative estimate of drug-likeness (QED) is 0.784. The van der Waals surface area contributed by atoms with Crippen LogP contribution in [0.3, 0.4) is 0 Å². The number of carbonyl (C=O) groups excluding carboxylic acids is 1. The monoisotopic (exact) mass is 235 g/mol. The SMILES string of the molecule is COc1ccccc1N1CC2CC(S2)C1=O. The normalized spacial score (nSPS) is 27.6. The molecular weight excluding hydrogens is 222 g/mol. The van der Waals surface area contributed by atoms with E-state index in [1.54, 1.807) is 18.9 Å². The summed E-state index contributed by atoms with van der Waals surface area (Å²) in [5.41, 5.74) is 0.907. The van der Waals surface area contributed by atoms with E-state index in [4.69, 9.17) is 4.74 Å². The minimum Gasteiger partial charge on any atom is -0.495 e. The zero-order valence-electron chi connectivity index (χ0n) is 9.05. The fraction of sp³-hybridized carbons (Fsp3) is 0.417. The van der Waals surface area contributed by atoms with Gasteiger partial charge < -0.3 is 9.64 Å². The fourth-order valence-corrected chi connectivity index (χ4v) is 3.51. The molecule has 1 aromatic rings. The van der Waals surface area contributed by atoms with Crippen LogP contribution in [-0.2, 0) is 4.79 Å². The summed E-state index contributed by atoms with van der Waals surface area (Å²) in [6.07, 6.45) is 1.05. The molecule has 0 spiro atoms. The third-order valence-corrected chi connectivity index (χ3v) is 4.59. The molecule has 0 aliphatic carbocycles. The van der Waals surface area contributed by atoms with Gasteiger partial charge in [-0.1, -0.05) is 12.1 Å². The molecular formula is C12H13NO2S. The number of methoxy groups -OCH3 is 1. The Balaban J connectivity index is 1.94. The Labute approximate surface area is 98.8 Å². The average molecular weight is 235 g/mol. The second-order valence-corrected chi connectivity index (χ2v) is 5.61. The molecule has 0 radical (unpaired) electrons. The maximum Gasteiger partial charge on any atom is 0.240 e. The lowest BCUT2D eigenvalue weighted by atomic mass is 10.1. The Bertz CT molecular complexity index is 429. The molecule has 0 saturated carbocycles. The number of nitrogens with zero attached hydrogens (tertiary/aromatic N) is 1. The standard InChI is InChI=1S/C12H13NO2S/c1-15-10-5-3-2-4-9(10)13-7-8-6-11(16-8)12(13)14/h2-5,8,11H,6-7H2,1H3. The number of piperidine rings is 1. The van der Waals surface area contributed by atoms with E-state index >= 15 is 0 Å². The zero-order valence-corrected chi connectivity index (χ0v) is 9.87. The first kappa shape index (κ1) is 10.0. The molecule has 0 aromatic heterocycles. The van der Waals surface area contributed by atoms with Crippen LogP contribution < -0.4 is 9.64 Å². The summed E-state index contributed by atoms with van der Waals surface area (Å²) in [7, 11) is 1.64. The maximum absolute atomic E-state index is 12.1. The number of thioether (sulfide) groups is 1. The first-order valence-corrected chi connectivity index (χ1v) is 6.33. The van der Waals surface area contributed by atoms with Crippen molar-refractivity contribution < 1.29 is 9.53 Å². The van der Waals surface area contributed by atoms with Crippen molar-refractivity contribution >= 4 is 23.4 Å². The highest BCUT2D eigenvalue weighted by atomic mass is 32.2. The summed E-state index contributed by atoms with van der Waals surface area (Å²) in [5, 5.41) is 0.802. The van der Waals surface area contributed by atoms with Gasteiger partial charge >= 0.3 is 0 Å². The smallest absolute Gasteiger partial charge is 0.240 e. The van der Waals surface area contributed by atoms with Gasteiger partial charge in [0.05, 0.1) is 18.0 Å². The van der Waals surface area contributed by atoms with Crippen molar-refractivity contribution in [2.75, 3.05) is 18.6 Å². The van der Waals surface area contributed by atoms with Gasteiger partial charge in [0.1, 0.15) is 5.75 Å². The molecule has 2 atom stereocenters. The summed E-state index contributed by atoms with van der Waals surface area (Å²) in [5.74, 6) is 1.01. The molecule has 3 aliphatic heterocycles. The molecule has 3 saturated heterocycles. The highest BCUT2D eigenvalue weighted by Crippen LogP contribution is 2.45. The minimum atomic E-state index is 0.184. The second kappa shape index (κ2) is 3.70. The lowest BCUT2D eigenvalue weighted by Gasteiger charge is -2.45. The molecule has 16 heavy (non-hydrogen) atoms. The number of hydrogen-bond donors (Lipinski definition) is 0. The highest BCUT2D eigenvalue weighted by molar-refractivity contribution is 8.02. The van der Waals surface area contributed by atoms with Crippen LogP contribution in [0, 0.1) is 0 Å². The molecule has 0 N–H and O–H groups in total. The van der Waals surface area contributed by atoms with Crippen molar-refractivity contribution in [3.63, 3.8) is 0 Å². The molecule has 3 heterocycles. The number of rotatable bonds is 2. The number of ether oxygens (including phenoxy) is 1. The number of amides is 1. The Morgan fingerprint density at radius 2 is 2.19 bits per heavy atom. The van der Waals surface area contributed by atoms with Crippen LogP contribution in [0.25, 0.3) is 0 Å². The van der Waals surface area contributed by atoms with Crippen molar-refractivity contribution in [1.82, 2.24) is 0 Å². The van der Waals surface area contributed by atoms with Crippen molar-refractivity contribution in [2.45, 2.75) is 16.9 Å². The summed E-state index contributed by atoms with van der Waals surface area (Å²) in [4.78, 5) is 14.0. The van der Waals surface area contributed by atoms with Crippen molar-refractivity contribution in [1.29, 1.82) is 0 Å². The van der Waals surface area contributed by atoms with E-state index in [0.29, 0.717) is 5.25 Å². The summed E-state index contributed by atoms with van der Waals surface area (Å²) >= 11 is 1.80. The summed E-state index contributed by atoms with van der Waals surface area (Å²) in [6.45, 7) is 0.820. The van der Waals surface area contributed by atoms with E-state index in [2.05, 4.69) is 0 Å². The number of hydrogen-bond acceptors (Lipinski definition) is 3. The van der Waals surface area contributed by atoms with Crippen LogP contribution in [-0.4, -0.2) is 30.1 Å². The molecule has 3 fully saturated rings. The van der Waals surface area contributed by atoms with Crippen LogP contribution in [0.2, 0.25) is 0 Å². The predicted octanol–water partition coefficient (Wildman–Crippen LogP) is 1.92. The topological polar surface area (TPSA) is 29.5 Å². The molecule has 3 aliphatic rings. The fourth-order valence-electron chi connectivity index (χ4n) is 2.27. The first-order valence-electron chi connectivity index (χ1n) is 5.39. The second-order valence-electron chi connectivity index (χ2n) is 4.10. The summed E-state index contributed by atoms with van der Waals surface area (Å²) in [6, 6.07) is 7.72. The van der Waals surface area contributed by atoms with E-state index < -0.39 is 0 Å². The Kier molecular flexibility index (Phi) is 2.32. The van der Waals surface area contributed by atoms with Gasteiger partial charge in [0.15, 0.2) is 0 Å². The first-order chi connectivity index (χ1) is 7.79. The Morgan fingerprint density at radius 3 is 2.88 bits per heavy atom. The Hall–Kier alpha value is -1.16. The number of benzene rings is 1. The number of para-hydroxylation sites is 2. The largest absolute Gasteiger partial charge is 0.495 e. The molecule has 2 unspecified atom stereocenters. The third kappa shape index (κ3) is 1.40. The maximum atomic E-state index is 12.1. The highest BCUT2D eigenvalue weighted by Gasteiger charge is 2.45. The average Bonchev–Trinajstić information content (AvgIpc) is 2.28. The van der Waals surface area contributed by atoms with Gasteiger partial charge in [-0.15, -0.1) is 11.8 Å². The van der Waals surface area contributed by atoms with E-state index in [0.717, 1.165) is 24.4 Å². The molecule has 1 aromatic carbocycles. The molecule has 2 bridgehead atoms. The number of fused-ring (bicyclic) bond motifs is 2. The lowest BCUT2D eigenvalue weighted by Crippen LogP contribution is -2.55. The van der Waals surface area contributed by atoms with E-state index in [1.165, 1.54) is 0 Å². The van der Waals surface area contributed by atoms with Crippen LogP contribution in [0.1, 0.15) is 6.42 Å². The number of carbonyl (C=O) groups is 1. The van der Waals surface area contributed by atoms with Gasteiger partial charge in [-0.3, -0.25) is 4.79 Å². The van der Waals surface area contributed by atoms with Crippen LogP contribution >= 0.6 is 11.8 Å². The molecule has 1 amide bonds. The van der Waals surface area contributed by atoms with Gasteiger partial charge in [0.25, 0.3) is 0 Å². The van der Waals surface area contributed by atoms with Gasteiger partial charge in [0.2, 0.25) is 5.91 Å². The lowest BCUT2D eigenvalue weighted by molar-refractivity contribution is -0.119. The van der Waals surface area contributed by atoms with Crippen molar-refractivity contribution in [2.24, 2.45) is 0 Å². The van der Waals surface area contributed by atoms with Gasteiger partial charge in [-0.25, -0.2) is 0 Å². The van der Waals surface area contributed by atoms with Crippen molar-refractivity contribution in [3.05, 3.63) is 24.3 Å². The zero-order chi connectivity index (χ0) is 11.1. The summed E-state index contributed by atoms with van der Waals surface area (Å²) < 4.78 is 5.30. The van der Waals surface area contributed by atoms with Gasteiger partial charge in [0, 0.05) is 11.8 Å².